The first-order valence-corrected chi connectivity index (χ1v) is 13.6. The van der Waals surface area contributed by atoms with E-state index in [4.69, 9.17) is 0 Å². The molecule has 0 spiro atoms. The van der Waals surface area contributed by atoms with Crippen molar-refractivity contribution in [3.05, 3.63) is 152 Å². The van der Waals surface area contributed by atoms with E-state index in [0.29, 0.717) is 0 Å². The van der Waals surface area contributed by atoms with E-state index in [1.807, 2.05) is 6.08 Å². The highest BCUT2D eigenvalue weighted by Crippen LogP contribution is 2.35. The van der Waals surface area contributed by atoms with Crippen LogP contribution in [0.3, 0.4) is 0 Å². The predicted molar refractivity (Wildman–Crippen MR) is 165 cm³/mol. The fourth-order valence-electron chi connectivity index (χ4n) is 5.01. The molecule has 3 aromatic rings. The van der Waals surface area contributed by atoms with Crippen molar-refractivity contribution < 1.29 is 0 Å². The molecule has 0 bridgehead atoms. The topological polar surface area (TPSA) is 6.48 Å². The molecule has 0 heterocycles. The van der Waals surface area contributed by atoms with Gasteiger partial charge in [0.15, 0.2) is 0 Å². The number of benzene rings is 3. The molecule has 1 atom stereocenters. The number of hydrogen-bond donors (Lipinski definition) is 0. The number of hydrogen-bond acceptors (Lipinski definition) is 2. The van der Waals surface area contributed by atoms with E-state index in [-0.39, 0.29) is 6.04 Å². The van der Waals surface area contributed by atoms with Gasteiger partial charge in [-0.05, 0) is 91.8 Å². The minimum absolute atomic E-state index is 0.273. The Bertz CT molecular complexity index is 1340. The van der Waals surface area contributed by atoms with Gasteiger partial charge in [0.25, 0.3) is 0 Å². The van der Waals surface area contributed by atoms with E-state index in [1.165, 1.54) is 22.5 Å². The molecule has 190 valence electrons. The summed E-state index contributed by atoms with van der Waals surface area (Å²) < 4.78 is 0. The molecule has 5 rings (SSSR count). The summed E-state index contributed by atoms with van der Waals surface area (Å²) in [6.07, 6.45) is 27.2. The van der Waals surface area contributed by atoms with E-state index in [0.717, 1.165) is 43.5 Å². The Morgan fingerprint density at radius 1 is 0.737 bits per heavy atom. The van der Waals surface area contributed by atoms with Crippen molar-refractivity contribution >= 4 is 28.3 Å². The van der Waals surface area contributed by atoms with Crippen molar-refractivity contribution in [2.24, 2.45) is 0 Å². The molecular weight excluding hydrogens is 460 g/mol. The lowest BCUT2D eigenvalue weighted by molar-refractivity contribution is 0.785. The number of allylic oxidation sites excluding steroid dienone is 8. The summed E-state index contributed by atoms with van der Waals surface area (Å²) in [6, 6.07) is 28.8. The fraction of sp³-hybridized carbons (Fsp3) is 0.167. The van der Waals surface area contributed by atoms with Crippen LogP contribution >= 0.6 is 0 Å². The molecule has 2 aliphatic rings. The molecule has 0 fully saturated rings. The Morgan fingerprint density at radius 3 is 2.11 bits per heavy atom. The third-order valence-electron chi connectivity index (χ3n) is 7.00. The summed E-state index contributed by atoms with van der Waals surface area (Å²) in [6.45, 7) is 3.84. The molecule has 2 heteroatoms. The molecule has 0 aromatic heterocycles. The second-order valence-electron chi connectivity index (χ2n) is 9.64. The van der Waals surface area contributed by atoms with Crippen molar-refractivity contribution in [3.63, 3.8) is 0 Å². The number of anilines is 4. The van der Waals surface area contributed by atoms with Crippen LogP contribution in [0, 0.1) is 0 Å². The van der Waals surface area contributed by atoms with Crippen LogP contribution in [-0.4, -0.2) is 6.04 Å². The average molecular weight is 497 g/mol. The summed E-state index contributed by atoms with van der Waals surface area (Å²) in [4.78, 5) is 4.70. The zero-order valence-electron chi connectivity index (χ0n) is 22.0. The van der Waals surface area contributed by atoms with E-state index in [2.05, 4.69) is 150 Å². The van der Waals surface area contributed by atoms with Gasteiger partial charge in [0.2, 0.25) is 0 Å². The van der Waals surface area contributed by atoms with Crippen LogP contribution in [0.4, 0.5) is 22.7 Å². The standard InChI is InChI=1S/C36H36N2/c1-2-3-4-14-29-37(32-17-10-6-11-18-32)33-25-27-36(28-26-33)38(34-19-12-7-13-20-34)35-23-21-31(22-24-35)30-15-8-5-9-16-30/h2,6-8,10-19,21-29,34H,1,3-5,9,20H2/b29-14+. The van der Waals surface area contributed by atoms with Gasteiger partial charge in [-0.3, -0.25) is 0 Å². The van der Waals surface area contributed by atoms with Crippen molar-refractivity contribution in [1.82, 2.24) is 0 Å². The minimum atomic E-state index is 0.273. The summed E-state index contributed by atoms with van der Waals surface area (Å²) in [7, 11) is 0. The first-order valence-electron chi connectivity index (χ1n) is 13.6. The zero-order chi connectivity index (χ0) is 26.0. The van der Waals surface area contributed by atoms with Crippen LogP contribution in [0.15, 0.2) is 146 Å². The zero-order valence-corrected chi connectivity index (χ0v) is 22.0. The molecule has 38 heavy (non-hydrogen) atoms. The largest absolute Gasteiger partial charge is 0.334 e. The van der Waals surface area contributed by atoms with Gasteiger partial charge in [-0.25, -0.2) is 0 Å². The van der Waals surface area contributed by atoms with E-state index < -0.39 is 0 Å². The van der Waals surface area contributed by atoms with E-state index in [1.54, 1.807) is 0 Å². The molecule has 0 amide bonds. The quantitative estimate of drug-likeness (QED) is 0.203. The summed E-state index contributed by atoms with van der Waals surface area (Å²) in [5, 5.41) is 0. The molecule has 2 aliphatic carbocycles. The highest BCUT2D eigenvalue weighted by Gasteiger charge is 2.19. The van der Waals surface area contributed by atoms with Crippen molar-refractivity contribution in [3.8, 4) is 0 Å². The SMILES string of the molecule is C=CCC/C=C/N(c1ccccc1)c1ccc(N(c2ccc(C3=CCCC=C3)cc2)C2C=CC=CC2)cc1. The van der Waals surface area contributed by atoms with Gasteiger partial charge in [0.05, 0.1) is 6.04 Å². The summed E-state index contributed by atoms with van der Waals surface area (Å²) >= 11 is 0. The Kier molecular flexibility index (Phi) is 8.53. The van der Waals surface area contributed by atoms with Crippen molar-refractivity contribution in [2.45, 2.75) is 38.1 Å². The maximum Gasteiger partial charge on any atom is 0.0559 e. The lowest BCUT2D eigenvalue weighted by Crippen LogP contribution is -2.29. The van der Waals surface area contributed by atoms with Crippen LogP contribution < -0.4 is 9.80 Å². The first-order chi connectivity index (χ1) is 18.8. The van der Waals surface area contributed by atoms with Gasteiger partial charge >= 0.3 is 0 Å². The Hall–Kier alpha value is -4.30. The summed E-state index contributed by atoms with van der Waals surface area (Å²) in [5.41, 5.74) is 7.28. The van der Waals surface area contributed by atoms with Gasteiger partial charge < -0.3 is 9.80 Å². The Labute approximate surface area is 227 Å². The minimum Gasteiger partial charge on any atom is -0.334 e. The van der Waals surface area contributed by atoms with E-state index >= 15 is 0 Å². The third-order valence-corrected chi connectivity index (χ3v) is 7.00. The van der Waals surface area contributed by atoms with Gasteiger partial charge in [0, 0.05) is 28.9 Å². The number of nitrogens with zero attached hydrogens (tertiary/aromatic N) is 2. The van der Waals surface area contributed by atoms with Crippen molar-refractivity contribution in [1.29, 1.82) is 0 Å². The molecule has 3 aromatic carbocycles. The molecule has 0 aliphatic heterocycles. The smallest absolute Gasteiger partial charge is 0.0559 e. The highest BCUT2D eigenvalue weighted by molar-refractivity contribution is 5.77. The van der Waals surface area contributed by atoms with Crippen LogP contribution in [0.5, 0.6) is 0 Å². The van der Waals surface area contributed by atoms with Crippen LogP contribution in [-0.2, 0) is 0 Å². The van der Waals surface area contributed by atoms with E-state index in [9.17, 15) is 0 Å². The van der Waals surface area contributed by atoms with Crippen LogP contribution in [0.1, 0.15) is 37.7 Å². The summed E-state index contributed by atoms with van der Waals surface area (Å²) in [5.74, 6) is 0. The Morgan fingerprint density at radius 2 is 1.45 bits per heavy atom. The lowest BCUT2D eigenvalue weighted by atomic mass is 9.98. The van der Waals surface area contributed by atoms with Gasteiger partial charge in [-0.1, -0.05) is 85.0 Å². The van der Waals surface area contributed by atoms with Gasteiger partial charge in [-0.2, -0.15) is 0 Å². The monoisotopic (exact) mass is 496 g/mol. The Balaban J connectivity index is 1.45. The average Bonchev–Trinajstić information content (AvgIpc) is 3.00. The lowest BCUT2D eigenvalue weighted by Gasteiger charge is -2.33. The van der Waals surface area contributed by atoms with Crippen molar-refractivity contribution in [2.75, 3.05) is 9.80 Å². The highest BCUT2D eigenvalue weighted by atomic mass is 15.2. The fourth-order valence-corrected chi connectivity index (χ4v) is 5.01. The number of unbranched alkanes of at least 4 members (excludes halogenated alkanes) is 1. The van der Waals surface area contributed by atoms with Gasteiger partial charge in [-0.15, -0.1) is 6.58 Å². The molecule has 0 N–H and O–H groups in total. The normalized spacial score (nSPS) is 16.4. The van der Waals surface area contributed by atoms with Gasteiger partial charge in [0.1, 0.15) is 0 Å². The number of rotatable bonds is 10. The van der Waals surface area contributed by atoms with Crippen LogP contribution in [0.25, 0.3) is 5.57 Å². The first kappa shape index (κ1) is 25.4. The molecule has 0 saturated heterocycles. The molecule has 0 saturated carbocycles. The molecule has 0 radical (unpaired) electrons. The van der Waals surface area contributed by atoms with Crippen LogP contribution in [0.2, 0.25) is 0 Å². The maximum absolute atomic E-state index is 3.84. The molecule has 2 nitrogen and oxygen atoms in total. The maximum atomic E-state index is 3.84. The number of para-hydroxylation sites is 1. The molecule has 1 unspecified atom stereocenters. The second kappa shape index (κ2) is 12.8. The molecular formula is C36H36N2. The second-order valence-corrected chi connectivity index (χ2v) is 9.64. The third kappa shape index (κ3) is 6.15. The predicted octanol–water partition coefficient (Wildman–Crippen LogP) is 10.1.